The van der Waals surface area contributed by atoms with Crippen LogP contribution in [0.5, 0.6) is 5.75 Å². The lowest BCUT2D eigenvalue weighted by Crippen LogP contribution is -1.83. The first kappa shape index (κ1) is 11.9. The second kappa shape index (κ2) is 4.28. The molecule has 0 aliphatic rings. The summed E-state index contributed by atoms with van der Waals surface area (Å²) in [6.45, 7) is 0. The molecule has 0 unspecified atom stereocenters. The van der Waals surface area contributed by atoms with Gasteiger partial charge in [-0.2, -0.15) is 0 Å². The predicted octanol–water partition coefficient (Wildman–Crippen LogP) is 5.25. The fourth-order valence-corrected chi connectivity index (χ4v) is 3.01. The number of aromatic hydroxyl groups is 1. The number of phenolic OH excluding ortho intramolecular Hbond substituents is 1. The van der Waals surface area contributed by atoms with Gasteiger partial charge in [0.2, 0.25) is 0 Å². The molecule has 3 heteroatoms. The van der Waals surface area contributed by atoms with E-state index in [1.807, 2.05) is 54.6 Å². The topological polar surface area (TPSA) is 49.7 Å². The molecule has 0 aromatic heterocycles. The van der Waals surface area contributed by atoms with Gasteiger partial charge in [-0.15, -0.1) is 4.91 Å². The second-order valence-electron chi connectivity index (χ2n) is 5.04. The van der Waals surface area contributed by atoms with Crippen molar-refractivity contribution in [1.29, 1.82) is 0 Å². The van der Waals surface area contributed by atoms with Crippen LogP contribution in [0.25, 0.3) is 32.3 Å². The lowest BCUT2D eigenvalue weighted by molar-refractivity contribution is 0.484. The van der Waals surface area contributed by atoms with Crippen molar-refractivity contribution >= 4 is 38.0 Å². The van der Waals surface area contributed by atoms with Gasteiger partial charge >= 0.3 is 0 Å². The minimum atomic E-state index is -0.0458. The van der Waals surface area contributed by atoms with E-state index in [0.29, 0.717) is 10.8 Å². The zero-order valence-corrected chi connectivity index (χ0v) is 11.1. The number of nitrogens with zero attached hydrogens (tertiary/aromatic N) is 1. The molecule has 0 aliphatic heterocycles. The maximum atomic E-state index is 11.2. The van der Waals surface area contributed by atoms with Crippen molar-refractivity contribution in [2.75, 3.05) is 0 Å². The Morgan fingerprint density at radius 2 is 1.38 bits per heavy atom. The number of benzene rings is 4. The Balaban J connectivity index is 2.40. The van der Waals surface area contributed by atoms with Gasteiger partial charge in [0, 0.05) is 10.8 Å². The average Bonchev–Trinajstić information content (AvgIpc) is 2.54. The Bertz CT molecular complexity index is 1020. The van der Waals surface area contributed by atoms with E-state index < -0.39 is 0 Å². The Morgan fingerprint density at radius 3 is 2.14 bits per heavy atom. The van der Waals surface area contributed by atoms with Crippen LogP contribution in [0.3, 0.4) is 0 Å². The molecule has 0 saturated carbocycles. The van der Waals surface area contributed by atoms with Gasteiger partial charge < -0.3 is 5.11 Å². The number of phenols is 1. The second-order valence-corrected chi connectivity index (χ2v) is 5.04. The number of nitroso groups, excluding NO2 is 1. The van der Waals surface area contributed by atoms with Crippen molar-refractivity contribution in [2.45, 2.75) is 0 Å². The van der Waals surface area contributed by atoms with E-state index in [4.69, 9.17) is 0 Å². The Hall–Kier alpha value is -2.94. The van der Waals surface area contributed by atoms with Gasteiger partial charge in [0.15, 0.2) is 11.4 Å². The lowest BCUT2D eigenvalue weighted by Gasteiger charge is -2.11. The molecule has 0 atom stereocenters. The van der Waals surface area contributed by atoms with E-state index in [1.165, 1.54) is 0 Å². The summed E-state index contributed by atoms with van der Waals surface area (Å²) in [5.74, 6) is -0.0458. The standard InChI is InChI=1S/C18H11NO2/c20-18-16-12-6-2-1-5-11(12)9-10-14(16)13-7-3-4-8-15(13)17(18)19-21/h1-10,20H. The van der Waals surface area contributed by atoms with E-state index in [1.54, 1.807) is 6.07 Å². The van der Waals surface area contributed by atoms with Crippen molar-refractivity contribution in [2.24, 2.45) is 5.18 Å². The summed E-state index contributed by atoms with van der Waals surface area (Å²) >= 11 is 0. The molecule has 0 spiro atoms. The smallest absolute Gasteiger partial charge is 0.158 e. The highest BCUT2D eigenvalue weighted by Crippen LogP contribution is 2.45. The molecule has 0 fully saturated rings. The van der Waals surface area contributed by atoms with Crippen molar-refractivity contribution < 1.29 is 5.11 Å². The molecular formula is C18H11NO2. The third kappa shape index (κ3) is 1.54. The van der Waals surface area contributed by atoms with Crippen LogP contribution in [0.1, 0.15) is 0 Å². The highest BCUT2D eigenvalue weighted by Gasteiger charge is 2.15. The Labute approximate surface area is 120 Å². The van der Waals surface area contributed by atoms with Crippen LogP contribution >= 0.6 is 0 Å². The van der Waals surface area contributed by atoms with Crippen molar-refractivity contribution in [1.82, 2.24) is 0 Å². The Kier molecular flexibility index (Phi) is 2.42. The molecule has 0 amide bonds. The zero-order chi connectivity index (χ0) is 14.4. The quantitative estimate of drug-likeness (QED) is 0.380. The van der Waals surface area contributed by atoms with Crippen LogP contribution in [-0.4, -0.2) is 5.11 Å². The normalized spacial score (nSPS) is 11.2. The summed E-state index contributed by atoms with van der Waals surface area (Å²) in [7, 11) is 0. The fourth-order valence-electron chi connectivity index (χ4n) is 3.01. The molecule has 4 aromatic carbocycles. The zero-order valence-electron chi connectivity index (χ0n) is 11.1. The summed E-state index contributed by atoms with van der Waals surface area (Å²) in [6, 6.07) is 19.3. The largest absolute Gasteiger partial charge is 0.505 e. The van der Waals surface area contributed by atoms with E-state index >= 15 is 0 Å². The van der Waals surface area contributed by atoms with Gasteiger partial charge in [-0.3, -0.25) is 0 Å². The third-order valence-electron chi connectivity index (χ3n) is 3.95. The van der Waals surface area contributed by atoms with E-state index in [9.17, 15) is 10.0 Å². The Morgan fingerprint density at radius 1 is 0.714 bits per heavy atom. The van der Waals surface area contributed by atoms with Gasteiger partial charge in [-0.05, 0) is 26.7 Å². The summed E-state index contributed by atoms with van der Waals surface area (Å²) < 4.78 is 0. The molecule has 4 aromatic rings. The first-order valence-corrected chi connectivity index (χ1v) is 6.70. The minimum Gasteiger partial charge on any atom is -0.505 e. The van der Waals surface area contributed by atoms with E-state index in [2.05, 4.69) is 5.18 Å². The molecule has 0 heterocycles. The molecule has 0 bridgehead atoms. The summed E-state index contributed by atoms with van der Waals surface area (Å²) in [5, 5.41) is 18.8. The number of fused-ring (bicyclic) bond motifs is 5. The molecule has 1 N–H and O–H groups in total. The number of hydrogen-bond acceptors (Lipinski definition) is 3. The SMILES string of the molecule is O=Nc1c(O)c2c3ccccc3ccc2c2ccccc12. The molecular weight excluding hydrogens is 262 g/mol. The van der Waals surface area contributed by atoms with Crippen LogP contribution in [0.4, 0.5) is 5.69 Å². The summed E-state index contributed by atoms with van der Waals surface area (Å²) in [6.07, 6.45) is 0. The lowest BCUT2D eigenvalue weighted by atomic mass is 9.95. The van der Waals surface area contributed by atoms with Crippen LogP contribution in [0.2, 0.25) is 0 Å². The molecule has 0 aliphatic carbocycles. The highest BCUT2D eigenvalue weighted by atomic mass is 16.3. The first-order valence-electron chi connectivity index (χ1n) is 6.70. The summed E-state index contributed by atoms with van der Waals surface area (Å²) in [4.78, 5) is 11.2. The van der Waals surface area contributed by atoms with Gasteiger partial charge in [0.1, 0.15) is 0 Å². The van der Waals surface area contributed by atoms with Crippen LogP contribution in [0.15, 0.2) is 65.8 Å². The van der Waals surface area contributed by atoms with Crippen LogP contribution in [-0.2, 0) is 0 Å². The fraction of sp³-hybridized carbons (Fsp3) is 0. The first-order chi connectivity index (χ1) is 10.3. The molecule has 3 nitrogen and oxygen atoms in total. The molecule has 0 saturated heterocycles. The highest BCUT2D eigenvalue weighted by molar-refractivity contribution is 6.23. The monoisotopic (exact) mass is 273 g/mol. The maximum absolute atomic E-state index is 11.2. The van der Waals surface area contributed by atoms with Crippen LogP contribution < -0.4 is 0 Å². The van der Waals surface area contributed by atoms with Gasteiger partial charge in [0.25, 0.3) is 0 Å². The van der Waals surface area contributed by atoms with E-state index in [0.717, 1.165) is 21.5 Å². The molecule has 100 valence electrons. The van der Waals surface area contributed by atoms with Gasteiger partial charge in [-0.1, -0.05) is 60.7 Å². The number of rotatable bonds is 1. The van der Waals surface area contributed by atoms with Crippen LogP contribution in [0, 0.1) is 4.91 Å². The third-order valence-corrected chi connectivity index (χ3v) is 3.95. The minimum absolute atomic E-state index is 0.0458. The van der Waals surface area contributed by atoms with Crippen molar-refractivity contribution in [3.8, 4) is 5.75 Å². The predicted molar refractivity (Wildman–Crippen MR) is 86.1 cm³/mol. The van der Waals surface area contributed by atoms with Gasteiger partial charge in [0.05, 0.1) is 0 Å². The van der Waals surface area contributed by atoms with Crippen molar-refractivity contribution in [3.05, 3.63) is 65.6 Å². The van der Waals surface area contributed by atoms with Gasteiger partial charge in [-0.25, -0.2) is 0 Å². The molecule has 4 rings (SSSR count). The molecule has 0 radical (unpaired) electrons. The van der Waals surface area contributed by atoms with Crippen molar-refractivity contribution in [3.63, 3.8) is 0 Å². The summed E-state index contributed by atoms with van der Waals surface area (Å²) in [5.41, 5.74) is 0.106. The number of hydrogen-bond donors (Lipinski definition) is 1. The average molecular weight is 273 g/mol. The molecule has 21 heavy (non-hydrogen) atoms. The maximum Gasteiger partial charge on any atom is 0.158 e. The van der Waals surface area contributed by atoms with E-state index in [-0.39, 0.29) is 11.4 Å².